The molecule has 18 heavy (non-hydrogen) atoms. The van der Waals surface area contributed by atoms with E-state index in [0.29, 0.717) is 23.8 Å². The first kappa shape index (κ1) is 13.2. The summed E-state index contributed by atoms with van der Waals surface area (Å²) in [5.41, 5.74) is 2.23. The number of nitriles is 1. The van der Waals surface area contributed by atoms with Gasteiger partial charge in [0.05, 0.1) is 35.9 Å². The Morgan fingerprint density at radius 2 is 2.33 bits per heavy atom. The summed E-state index contributed by atoms with van der Waals surface area (Å²) in [5.74, 6) is 0. The maximum Gasteiger partial charge on any atom is 0.101 e. The Bertz CT molecular complexity index is 485. The minimum absolute atomic E-state index is 0.126. The molecule has 0 bridgehead atoms. The van der Waals surface area contributed by atoms with Gasteiger partial charge in [0.2, 0.25) is 0 Å². The average Bonchev–Trinajstić information content (AvgIpc) is 2.76. The molecule has 1 aliphatic heterocycles. The molecule has 0 unspecified atom stereocenters. The first-order valence-electron chi connectivity index (χ1n) is 5.91. The van der Waals surface area contributed by atoms with Crippen molar-refractivity contribution >= 4 is 17.3 Å². The van der Waals surface area contributed by atoms with Crippen LogP contribution in [-0.2, 0) is 11.2 Å². The van der Waals surface area contributed by atoms with Gasteiger partial charge in [0.25, 0.3) is 0 Å². The number of hydrogen-bond donors (Lipinski definition) is 2. The van der Waals surface area contributed by atoms with Crippen LogP contribution in [0.5, 0.6) is 0 Å². The van der Waals surface area contributed by atoms with Crippen LogP contribution in [0.2, 0.25) is 5.02 Å². The van der Waals surface area contributed by atoms with Gasteiger partial charge in [0.15, 0.2) is 0 Å². The van der Waals surface area contributed by atoms with Gasteiger partial charge in [-0.3, -0.25) is 0 Å². The predicted molar refractivity (Wildman–Crippen MR) is 69.8 cm³/mol. The highest BCUT2D eigenvalue weighted by Crippen LogP contribution is 2.29. The maximum atomic E-state index is 9.71. The molecule has 2 N–H and O–H groups in total. The average molecular weight is 267 g/mol. The summed E-state index contributed by atoms with van der Waals surface area (Å²) in [5, 5.41) is 22.4. The van der Waals surface area contributed by atoms with Crippen molar-refractivity contribution in [2.45, 2.75) is 25.5 Å². The number of hydrogen-bond acceptors (Lipinski definition) is 4. The Morgan fingerprint density at radius 3 is 2.89 bits per heavy atom. The van der Waals surface area contributed by atoms with Gasteiger partial charge in [-0.15, -0.1) is 0 Å². The topological polar surface area (TPSA) is 65.3 Å². The molecule has 96 valence electrons. The van der Waals surface area contributed by atoms with E-state index in [4.69, 9.17) is 21.6 Å². The molecule has 1 saturated heterocycles. The van der Waals surface area contributed by atoms with Gasteiger partial charge in [-0.1, -0.05) is 18.5 Å². The number of nitrogens with zero attached hydrogens (tertiary/aromatic N) is 1. The van der Waals surface area contributed by atoms with Gasteiger partial charge in [-0.2, -0.15) is 5.26 Å². The molecule has 4 nitrogen and oxygen atoms in total. The maximum absolute atomic E-state index is 9.71. The molecule has 2 atom stereocenters. The molecule has 1 heterocycles. The summed E-state index contributed by atoms with van der Waals surface area (Å²) in [6.07, 6.45) is 0.213. The van der Waals surface area contributed by atoms with E-state index in [2.05, 4.69) is 11.4 Å². The lowest BCUT2D eigenvalue weighted by atomic mass is 10.1. The third-order valence-electron chi connectivity index (χ3n) is 3.11. The van der Waals surface area contributed by atoms with Crippen LogP contribution < -0.4 is 5.32 Å². The van der Waals surface area contributed by atoms with Crippen molar-refractivity contribution < 1.29 is 9.84 Å². The number of benzene rings is 1. The second-order valence-corrected chi connectivity index (χ2v) is 4.65. The van der Waals surface area contributed by atoms with Gasteiger partial charge >= 0.3 is 0 Å². The minimum Gasteiger partial charge on any atom is -0.388 e. The van der Waals surface area contributed by atoms with Gasteiger partial charge in [0.1, 0.15) is 6.07 Å². The second kappa shape index (κ2) is 5.57. The highest BCUT2D eigenvalue weighted by atomic mass is 35.5. The summed E-state index contributed by atoms with van der Waals surface area (Å²) in [4.78, 5) is 0. The lowest BCUT2D eigenvalue weighted by molar-refractivity contribution is 0.125. The van der Waals surface area contributed by atoms with Crippen molar-refractivity contribution in [1.29, 1.82) is 5.26 Å². The molecular formula is C13H15ClN2O2. The van der Waals surface area contributed by atoms with E-state index in [1.807, 2.05) is 13.0 Å². The van der Waals surface area contributed by atoms with Crippen molar-refractivity contribution in [3.8, 4) is 6.07 Å². The predicted octanol–water partition coefficient (Wildman–Crippen LogP) is 1.95. The summed E-state index contributed by atoms with van der Waals surface area (Å²) >= 11 is 6.18. The van der Waals surface area contributed by atoms with Crippen LogP contribution in [0.3, 0.4) is 0 Å². The first-order valence-corrected chi connectivity index (χ1v) is 6.29. The molecule has 1 aromatic carbocycles. The van der Waals surface area contributed by atoms with Crippen LogP contribution in [0.1, 0.15) is 18.1 Å². The molecule has 1 aromatic rings. The van der Waals surface area contributed by atoms with Crippen molar-refractivity contribution in [3.05, 3.63) is 28.3 Å². The zero-order valence-electron chi connectivity index (χ0n) is 10.1. The number of nitrogens with one attached hydrogen (secondary N) is 1. The number of halogens is 1. The highest BCUT2D eigenvalue weighted by Gasteiger charge is 2.26. The van der Waals surface area contributed by atoms with E-state index in [9.17, 15) is 5.11 Å². The summed E-state index contributed by atoms with van der Waals surface area (Å²) in [7, 11) is 0. The summed E-state index contributed by atoms with van der Waals surface area (Å²) in [6, 6.07) is 5.45. The minimum atomic E-state index is -0.510. The fourth-order valence-corrected chi connectivity index (χ4v) is 2.41. The summed E-state index contributed by atoms with van der Waals surface area (Å²) in [6.45, 7) is 2.81. The first-order chi connectivity index (χ1) is 8.67. The smallest absolute Gasteiger partial charge is 0.101 e. The number of aliphatic hydroxyl groups is 1. The van der Waals surface area contributed by atoms with Gasteiger partial charge in [0, 0.05) is 5.69 Å². The third-order valence-corrected chi connectivity index (χ3v) is 3.54. The summed E-state index contributed by atoms with van der Waals surface area (Å²) < 4.78 is 5.19. The van der Waals surface area contributed by atoms with E-state index in [-0.39, 0.29) is 6.04 Å². The number of anilines is 1. The largest absolute Gasteiger partial charge is 0.388 e. The molecular weight excluding hydrogens is 252 g/mol. The van der Waals surface area contributed by atoms with Gasteiger partial charge in [-0.25, -0.2) is 0 Å². The van der Waals surface area contributed by atoms with Gasteiger partial charge < -0.3 is 15.2 Å². The zero-order chi connectivity index (χ0) is 13.1. The Balaban J connectivity index is 2.28. The molecule has 1 fully saturated rings. The monoisotopic (exact) mass is 266 g/mol. The molecule has 5 heteroatoms. The SMILES string of the molecule is CCc1c(N[C@@H]2COC[C@@H]2O)ccc(C#N)c1Cl. The molecule has 0 saturated carbocycles. The molecule has 0 amide bonds. The Kier molecular flexibility index (Phi) is 4.07. The van der Waals surface area contributed by atoms with Crippen molar-refractivity contribution in [3.63, 3.8) is 0 Å². The Hall–Kier alpha value is -1.28. The number of rotatable bonds is 3. The second-order valence-electron chi connectivity index (χ2n) is 4.27. The standard InChI is InChI=1S/C13H15ClN2O2/c1-2-9-10(4-3-8(5-15)13(9)14)16-11-6-18-7-12(11)17/h3-4,11-12,16-17H,2,6-7H2,1H3/t11-,12+/m1/s1. The van der Waals surface area contributed by atoms with Crippen molar-refractivity contribution in [2.24, 2.45) is 0 Å². The molecule has 0 radical (unpaired) electrons. The number of ether oxygens (including phenoxy) is 1. The van der Waals surface area contributed by atoms with E-state index < -0.39 is 6.10 Å². The lowest BCUT2D eigenvalue weighted by Gasteiger charge is -2.19. The molecule has 0 aliphatic carbocycles. The quantitative estimate of drug-likeness (QED) is 0.878. The third kappa shape index (κ3) is 2.44. The van der Waals surface area contributed by atoms with Crippen LogP contribution in [0.25, 0.3) is 0 Å². The van der Waals surface area contributed by atoms with Crippen LogP contribution in [0.15, 0.2) is 12.1 Å². The zero-order valence-corrected chi connectivity index (χ0v) is 10.9. The molecule has 1 aliphatic rings. The number of aliphatic hydroxyl groups excluding tert-OH is 1. The van der Waals surface area contributed by atoms with E-state index in [1.54, 1.807) is 6.07 Å². The van der Waals surface area contributed by atoms with E-state index >= 15 is 0 Å². The van der Waals surface area contributed by atoms with Crippen LogP contribution in [0, 0.1) is 11.3 Å². The molecule has 0 aromatic heterocycles. The van der Waals surface area contributed by atoms with Crippen LogP contribution in [-0.4, -0.2) is 30.5 Å². The normalized spacial score (nSPS) is 22.8. The lowest BCUT2D eigenvalue weighted by Crippen LogP contribution is -2.32. The Labute approximate surface area is 111 Å². The molecule has 2 rings (SSSR count). The van der Waals surface area contributed by atoms with Crippen molar-refractivity contribution in [2.75, 3.05) is 18.5 Å². The van der Waals surface area contributed by atoms with Crippen LogP contribution >= 0.6 is 11.6 Å². The fourth-order valence-electron chi connectivity index (χ4n) is 2.07. The van der Waals surface area contributed by atoms with Gasteiger partial charge in [-0.05, 0) is 24.1 Å². The molecule has 0 spiro atoms. The van der Waals surface area contributed by atoms with Crippen molar-refractivity contribution in [1.82, 2.24) is 0 Å². The Morgan fingerprint density at radius 1 is 1.56 bits per heavy atom. The van der Waals surface area contributed by atoms with E-state index in [0.717, 1.165) is 17.7 Å². The highest BCUT2D eigenvalue weighted by molar-refractivity contribution is 6.32. The fraction of sp³-hybridized carbons (Fsp3) is 0.462. The van der Waals surface area contributed by atoms with Crippen LogP contribution in [0.4, 0.5) is 5.69 Å². The van der Waals surface area contributed by atoms with E-state index in [1.165, 1.54) is 0 Å².